The van der Waals surface area contributed by atoms with Crippen molar-refractivity contribution in [1.29, 1.82) is 0 Å². The van der Waals surface area contributed by atoms with E-state index in [1.807, 2.05) is 33.7 Å². The Morgan fingerprint density at radius 2 is 0.856 bits per heavy atom. The van der Waals surface area contributed by atoms with E-state index >= 15 is 0 Å². The molecule has 0 saturated heterocycles. The summed E-state index contributed by atoms with van der Waals surface area (Å²) in [5.41, 5.74) is 32.4. The Bertz CT molecular complexity index is 5450. The predicted molar refractivity (Wildman–Crippen MR) is 532 cm³/mol. The summed E-state index contributed by atoms with van der Waals surface area (Å²) < 4.78 is 74.6. The topological polar surface area (TPSA) is 674 Å². The zero-order chi connectivity index (χ0) is 107. The van der Waals surface area contributed by atoms with Crippen LogP contribution in [0.1, 0.15) is 197 Å². The molecule has 0 spiro atoms. The van der Waals surface area contributed by atoms with Crippen LogP contribution in [0, 0.1) is 23.8 Å². The summed E-state index contributed by atoms with van der Waals surface area (Å²) in [4.78, 5) is 165. The third-order valence-electron chi connectivity index (χ3n) is 21.5. The van der Waals surface area contributed by atoms with E-state index < -0.39 is 86.6 Å². The largest absolute Gasteiger partial charge is 1.00 e. The van der Waals surface area contributed by atoms with E-state index in [9.17, 15) is 70.7 Å². The molecule has 146 heavy (non-hydrogen) atoms. The fourth-order valence-electron chi connectivity index (χ4n) is 13.2. The van der Waals surface area contributed by atoms with Crippen molar-refractivity contribution < 1.29 is 116 Å². The molecule has 0 radical (unpaired) electrons. The van der Waals surface area contributed by atoms with Crippen molar-refractivity contribution in [3.8, 4) is 17.6 Å². The maximum atomic E-state index is 13.6. The zero-order valence-corrected chi connectivity index (χ0v) is 85.2. The van der Waals surface area contributed by atoms with E-state index in [0.717, 1.165) is 112 Å². The van der Waals surface area contributed by atoms with Crippen LogP contribution in [-0.4, -0.2) is 294 Å². The third-order valence-corrected chi connectivity index (χ3v) is 22.4. The minimum Gasteiger partial charge on any atom is -1.00 e. The molecular formula is C95H139ClF3N27O19S. The molecule has 0 bridgehead atoms. The lowest BCUT2D eigenvalue weighted by molar-refractivity contribution is -0.142. The van der Waals surface area contributed by atoms with Crippen molar-refractivity contribution in [2.75, 3.05) is 99.9 Å². The minimum atomic E-state index is -1.25. The van der Waals surface area contributed by atoms with Gasteiger partial charge >= 0.3 is 0 Å². The Morgan fingerprint density at radius 3 is 1.19 bits per heavy atom. The lowest BCUT2D eigenvalue weighted by Crippen LogP contribution is -3.00. The van der Waals surface area contributed by atoms with Crippen molar-refractivity contribution in [3.05, 3.63) is 169 Å². The van der Waals surface area contributed by atoms with Crippen LogP contribution in [0.4, 0.5) is 19.0 Å². The fraction of sp³-hybridized carbons (Fsp3) is 0.516. The molecule has 10 rings (SSSR count). The zero-order valence-electron chi connectivity index (χ0n) is 83.6. The highest BCUT2D eigenvalue weighted by atomic mass is 35.5. The van der Waals surface area contributed by atoms with Gasteiger partial charge < -0.3 is 111 Å². The maximum absolute atomic E-state index is 13.6. The molecule has 18 N–H and O–H groups in total. The van der Waals surface area contributed by atoms with Crippen LogP contribution in [-0.2, 0) is 56.2 Å². The van der Waals surface area contributed by atoms with E-state index in [1.165, 1.54) is 104 Å². The first-order chi connectivity index (χ1) is 69.3. The highest BCUT2D eigenvalue weighted by Crippen LogP contribution is 2.26. The first kappa shape index (κ1) is 125. The number of methoxy groups -OCH3 is 1. The molecule has 0 aliphatic heterocycles. The van der Waals surface area contributed by atoms with Gasteiger partial charge in [-0.25, -0.2) is 29.1 Å². The molecule has 51 heteroatoms. The van der Waals surface area contributed by atoms with E-state index in [-0.39, 0.29) is 138 Å². The predicted octanol–water partition coefficient (Wildman–Crippen LogP) is 1.56. The Hall–Kier alpha value is -13.5. The lowest BCUT2D eigenvalue weighted by atomic mass is 10.0. The fourth-order valence-corrected chi connectivity index (χ4v) is 14.0. The van der Waals surface area contributed by atoms with Crippen molar-refractivity contribution >= 4 is 96.4 Å². The van der Waals surface area contributed by atoms with Gasteiger partial charge in [-0.15, -0.1) is 10.2 Å². The van der Waals surface area contributed by atoms with Gasteiger partial charge in [-0.05, 0) is 257 Å². The number of tetrazole rings is 1. The summed E-state index contributed by atoms with van der Waals surface area (Å²) in [7, 11) is 6.16. The quantitative estimate of drug-likeness (QED) is 0.0111. The molecule has 9 aromatic rings. The molecule has 1 aliphatic rings. The van der Waals surface area contributed by atoms with Crippen LogP contribution in [0.5, 0.6) is 17.6 Å². The van der Waals surface area contributed by atoms with E-state index in [2.05, 4.69) is 112 Å². The maximum Gasteiger partial charge on any atom is 0.256 e. The molecule has 802 valence electrons. The van der Waals surface area contributed by atoms with E-state index in [1.54, 1.807) is 31.3 Å². The lowest BCUT2D eigenvalue weighted by Gasteiger charge is -2.25. The molecular weight excluding hydrogens is 1950 g/mol. The SMILES string of the molecule is C=S(C)(C)=CC(=O)C(CCCCN)NC(=O)C1CCCC1.COC(C)(C)C(=O)NC(CCCCN)C(=O)COc1ccon1.C[N+](C)(C)c1ccc(C(=O)NC(CCCCN)C(=O)COc2ccon2)cn1.NCCCCC(NC(=O)c1ccc(F)nc1)C(=O)COc1ccon1.NCCCCC(NC(=O)c1ccc(F)nc1)C(=O)Cn1nccn1.NCCCCC(NC(=O)c1cccnc1F)C(=O)Cn1ncnn1.[Cl-]. The smallest absolute Gasteiger partial charge is 0.256 e. The second-order valence-electron chi connectivity index (χ2n) is 35.0. The summed E-state index contributed by atoms with van der Waals surface area (Å²) in [6.07, 6.45) is 33.1. The number of halogens is 4. The molecule has 6 amide bonds. The summed E-state index contributed by atoms with van der Waals surface area (Å²) in [6.45, 7) is 5.59. The van der Waals surface area contributed by atoms with Crippen molar-refractivity contribution in [3.63, 3.8) is 0 Å². The Balaban J connectivity index is 0.000000365. The highest BCUT2D eigenvalue weighted by Gasteiger charge is 2.34. The molecule has 1 aliphatic carbocycles. The number of amides is 6. The number of quaternary nitrogens is 1. The van der Waals surface area contributed by atoms with Gasteiger partial charge in [0.05, 0.1) is 92.0 Å². The second-order valence-corrected chi connectivity index (χ2v) is 38.5. The highest BCUT2D eigenvalue weighted by molar-refractivity contribution is 8.28. The van der Waals surface area contributed by atoms with Crippen LogP contribution in [0.15, 0.2) is 143 Å². The van der Waals surface area contributed by atoms with Gasteiger partial charge in [0.1, 0.15) is 37.5 Å². The van der Waals surface area contributed by atoms with Gasteiger partial charge in [-0.1, -0.05) is 18.7 Å². The van der Waals surface area contributed by atoms with Gasteiger partial charge in [0.15, 0.2) is 60.8 Å². The number of Topliss-reactive ketones (excluding diaryl/α,β-unsaturated/α-hetero) is 6. The molecule has 6 unspecified atom stereocenters. The summed E-state index contributed by atoms with van der Waals surface area (Å²) >= 11 is 0. The molecule has 9 heterocycles. The summed E-state index contributed by atoms with van der Waals surface area (Å²) in [6, 6.07) is 11.5. The number of ketones is 6. The standard InChI is InChI=1S/C19H27N5O4.C16H19FN4O4.C16H30N2O2S.C15H19FN6O2.C15H25N3O5.C14H18FN7O2.ClH/c1-24(2,3)17-8-7-14(12-21-17)19(26)22-15(6-4-5-10-20)16(25)13-27-18-9-11-28-23-18;17-14-5-4-11(9-19-14)16(23)20-12(3-1-2-7-18)13(22)10-24-15-6-8-25-21-15;1-21(2,3)12-15(19)14(10-6-7-11-17)18-16(20)13-8-4-5-9-13;16-14-5-4-11(9-18-14)15(24)21-12(3-1-2-6-17)13(23)10-22-19-7-8-20-22;1-15(2,21-3)14(20)17-11(6-4-5-8-16)12(19)10-22-13-7-9-23-18-13;15-13-10(4-3-7-17-13)14(24)20-11(5-1-2-6-16)12(23)8-22-19-9-18-21-22;/h7-9,11-12,15H,4-6,10,13,20H2,1-3H3;4-6,8-9,12H,1-3,7,10,18H2,(H,20,23);12-14H,1,4-11,17H2,2-3H3,(H,18,20);4-5,7-9,12H,1-3,6,10,17H2,(H,21,24);7,9,11H,4-6,8,10,16H2,1-3H3,(H,17,20);3-4,7,9,11H,1-2,5-6,8,16H2,(H,20,24);1H. The molecule has 46 nitrogen and oxygen atoms in total. The number of ether oxygens (including phenoxy) is 4. The van der Waals surface area contributed by atoms with E-state index in [0.29, 0.717) is 114 Å². The number of pyridine rings is 4. The first-order valence-electron chi connectivity index (χ1n) is 47.3. The number of nitrogens with two attached hydrogens (primary N) is 6. The van der Waals surface area contributed by atoms with Gasteiger partial charge in [-0.3, -0.25) is 62.0 Å². The second kappa shape index (κ2) is 68.8. The van der Waals surface area contributed by atoms with Crippen LogP contribution >= 0.6 is 9.21 Å². The number of rotatable bonds is 58. The van der Waals surface area contributed by atoms with Crippen molar-refractivity contribution in [2.24, 2.45) is 40.3 Å². The van der Waals surface area contributed by atoms with Crippen LogP contribution < -0.4 is 97.4 Å². The summed E-state index contributed by atoms with van der Waals surface area (Å²) in [5.74, 6) is -0.354. The molecule has 0 aromatic carbocycles. The number of nitrogens with zero attached hydrogens (tertiary/aromatic N) is 15. The van der Waals surface area contributed by atoms with Gasteiger partial charge in [0.2, 0.25) is 29.6 Å². The number of nitrogens with one attached hydrogen (secondary N) is 6. The molecule has 9 aromatic heterocycles. The Labute approximate surface area is 851 Å². The molecule has 1 saturated carbocycles. The summed E-state index contributed by atoms with van der Waals surface area (Å²) in [5, 5.41) is 47.4. The van der Waals surface area contributed by atoms with E-state index in [4.69, 9.17) is 53.3 Å². The minimum absolute atomic E-state index is 0. The number of unbranched alkanes of at least 4 members (excludes halogenated alkanes) is 6. The first-order valence-corrected chi connectivity index (χ1v) is 50.0. The monoisotopic (exact) mass is 2090 g/mol. The van der Waals surface area contributed by atoms with Gasteiger partial charge in [-0.2, -0.15) is 33.0 Å². The average Bonchev–Trinajstić information content (AvgIpc) is 0.930. The number of carbonyl (C=O) groups is 12. The van der Waals surface area contributed by atoms with Crippen molar-refractivity contribution in [1.82, 2.24) is 107 Å². The molecule has 1 fully saturated rings. The Kier molecular flexibility index (Phi) is 58.8. The number of aromatic nitrogens is 14. The van der Waals surface area contributed by atoms with Crippen LogP contribution in [0.2, 0.25) is 0 Å². The Morgan fingerprint density at radius 1 is 0.479 bits per heavy atom. The molecule has 6 atom stereocenters. The number of carbonyl (C=O) groups excluding carboxylic acids is 12. The van der Waals surface area contributed by atoms with Crippen molar-refractivity contribution in [2.45, 2.75) is 210 Å². The van der Waals surface area contributed by atoms with Gasteiger partial charge in [0, 0.05) is 67.4 Å². The third kappa shape index (κ3) is 49.4. The normalized spacial score (nSPS) is 12.8. The van der Waals surface area contributed by atoms with Crippen LogP contribution in [0.3, 0.4) is 0 Å². The van der Waals surface area contributed by atoms with Gasteiger partial charge in [0.25, 0.3) is 47.2 Å². The average molecular weight is 2090 g/mol. The van der Waals surface area contributed by atoms with Crippen LogP contribution in [0.25, 0.3) is 0 Å². The number of hydrogen-bond donors (Lipinski definition) is 12. The number of hydrogen-bond acceptors (Lipinski definition) is 37.